The average Bonchev–Trinajstić information content (AvgIpc) is 3.52. The number of benzene rings is 2. The number of H-pyrrole nitrogens is 2. The van der Waals surface area contributed by atoms with E-state index in [4.69, 9.17) is 16.3 Å². The highest BCUT2D eigenvalue weighted by Gasteiger charge is 2.32. The molecule has 1 aliphatic rings. The molecule has 0 fully saturated rings. The molecule has 8 nitrogen and oxygen atoms in total. The first-order chi connectivity index (χ1) is 16.4. The maximum Gasteiger partial charge on any atom is 0.353 e. The lowest BCUT2D eigenvalue weighted by Crippen LogP contribution is -2.13. The van der Waals surface area contributed by atoms with Gasteiger partial charge in [0.25, 0.3) is 5.56 Å². The quantitative estimate of drug-likeness (QED) is 0.355. The van der Waals surface area contributed by atoms with Crippen LogP contribution in [0.15, 0.2) is 47.7 Å². The maximum atomic E-state index is 15.1. The number of carboxylic acid groups (broad SMARTS) is 1. The number of carboxylic acids is 1. The van der Waals surface area contributed by atoms with Crippen LogP contribution in [-0.2, 0) is 13.0 Å². The van der Waals surface area contributed by atoms with Crippen molar-refractivity contribution < 1.29 is 19.0 Å². The van der Waals surface area contributed by atoms with Crippen molar-refractivity contribution in [3.8, 4) is 16.9 Å². The summed E-state index contributed by atoms with van der Waals surface area (Å²) in [6.07, 6.45) is 3.36. The second-order valence-corrected chi connectivity index (χ2v) is 8.46. The summed E-state index contributed by atoms with van der Waals surface area (Å²) in [6.45, 7) is 0.286. The van der Waals surface area contributed by atoms with E-state index in [2.05, 4.69) is 15.0 Å². The zero-order chi connectivity index (χ0) is 23.6. The molecule has 3 N–H and O–H groups in total. The molecule has 5 aromatic rings. The number of aromatic carboxylic acids is 1. The van der Waals surface area contributed by atoms with Gasteiger partial charge in [0.1, 0.15) is 17.3 Å². The van der Waals surface area contributed by atoms with Crippen molar-refractivity contribution in [3.05, 3.63) is 80.9 Å². The third-order valence-corrected chi connectivity index (χ3v) is 6.51. The molecule has 0 radical (unpaired) electrons. The van der Waals surface area contributed by atoms with Crippen LogP contribution in [0.25, 0.3) is 33.1 Å². The lowest BCUT2D eigenvalue weighted by atomic mass is 10.00. The minimum Gasteiger partial charge on any atom is -0.492 e. The molecular weight excluding hydrogens is 463 g/mol. The Bertz CT molecular complexity index is 1700. The predicted octanol–water partition coefficient (Wildman–Crippen LogP) is 4.35. The number of nitrogens with zero attached hydrogens (tertiary/aromatic N) is 2. The molecule has 0 spiro atoms. The molecule has 10 heteroatoms. The summed E-state index contributed by atoms with van der Waals surface area (Å²) in [7, 11) is 0. The van der Waals surface area contributed by atoms with Crippen LogP contribution in [0.4, 0.5) is 4.39 Å². The van der Waals surface area contributed by atoms with Crippen LogP contribution in [0.3, 0.4) is 0 Å². The number of carbonyl (C=O) groups is 1. The average molecular weight is 479 g/mol. The minimum atomic E-state index is -1.27. The van der Waals surface area contributed by atoms with E-state index in [9.17, 15) is 14.7 Å². The highest BCUT2D eigenvalue weighted by Crippen LogP contribution is 2.44. The second-order valence-electron chi connectivity index (χ2n) is 8.05. The predicted molar refractivity (Wildman–Crippen MR) is 124 cm³/mol. The monoisotopic (exact) mass is 478 g/mol. The Labute approximate surface area is 195 Å². The first kappa shape index (κ1) is 20.5. The van der Waals surface area contributed by atoms with Crippen LogP contribution >= 0.6 is 11.6 Å². The number of aromatic amines is 2. The molecular formula is C24H16ClFN4O4. The van der Waals surface area contributed by atoms with E-state index in [1.54, 1.807) is 18.2 Å². The summed E-state index contributed by atoms with van der Waals surface area (Å²) in [5.41, 5.74) is 2.36. The van der Waals surface area contributed by atoms with E-state index in [1.807, 2.05) is 0 Å². The molecule has 170 valence electrons. The zero-order valence-electron chi connectivity index (χ0n) is 17.5. The lowest BCUT2D eigenvalue weighted by Gasteiger charge is -2.11. The molecule has 0 unspecified atom stereocenters. The minimum absolute atomic E-state index is 0.0166. The largest absolute Gasteiger partial charge is 0.492 e. The molecule has 6 rings (SSSR count). The van der Waals surface area contributed by atoms with Crippen LogP contribution in [-0.4, -0.2) is 37.2 Å². The normalized spacial score (nSPS) is 12.9. The van der Waals surface area contributed by atoms with Crippen molar-refractivity contribution in [2.24, 2.45) is 0 Å². The first-order valence-corrected chi connectivity index (χ1v) is 10.8. The Morgan fingerprint density at radius 3 is 2.94 bits per heavy atom. The van der Waals surface area contributed by atoms with Gasteiger partial charge in [-0.25, -0.2) is 14.2 Å². The van der Waals surface area contributed by atoms with Gasteiger partial charge >= 0.3 is 5.97 Å². The fourth-order valence-corrected chi connectivity index (χ4v) is 4.91. The fourth-order valence-electron chi connectivity index (χ4n) is 4.69. The molecule has 0 saturated carbocycles. The standard InChI is InChI=1S/C24H16ClFN4O4/c25-14-7-17-16(28-10-29-17)6-11(14)9-30-18-8-15(26)12-3-5-34-22(12)20(18)19(21(30)24(32)33)13-2-1-4-27-23(13)31/h1-2,4,6-8,10H,3,5,9H2,(H,27,31)(H,28,29)(H,32,33). The summed E-state index contributed by atoms with van der Waals surface area (Å²) in [4.78, 5) is 35.2. The number of rotatable bonds is 4. The van der Waals surface area contributed by atoms with Gasteiger partial charge in [-0.1, -0.05) is 11.6 Å². The fraction of sp³-hybridized carbons (Fsp3) is 0.125. The number of fused-ring (bicyclic) bond motifs is 4. The smallest absolute Gasteiger partial charge is 0.353 e. The van der Waals surface area contributed by atoms with Crippen molar-refractivity contribution in [2.75, 3.05) is 6.61 Å². The molecule has 1 aliphatic heterocycles. The van der Waals surface area contributed by atoms with Crippen molar-refractivity contribution in [3.63, 3.8) is 0 Å². The summed E-state index contributed by atoms with van der Waals surface area (Å²) in [6, 6.07) is 7.91. The van der Waals surface area contributed by atoms with E-state index < -0.39 is 17.3 Å². The van der Waals surface area contributed by atoms with Gasteiger partial charge in [-0.2, -0.15) is 0 Å². The van der Waals surface area contributed by atoms with Crippen LogP contribution in [0.5, 0.6) is 5.75 Å². The summed E-state index contributed by atoms with van der Waals surface area (Å²) < 4.78 is 22.3. The van der Waals surface area contributed by atoms with Crippen LogP contribution in [0.1, 0.15) is 21.6 Å². The number of imidazole rings is 1. The Morgan fingerprint density at radius 1 is 1.29 bits per heavy atom. The van der Waals surface area contributed by atoms with E-state index in [0.29, 0.717) is 39.0 Å². The van der Waals surface area contributed by atoms with Crippen molar-refractivity contribution in [1.82, 2.24) is 19.5 Å². The summed E-state index contributed by atoms with van der Waals surface area (Å²) in [5, 5.41) is 11.1. The van der Waals surface area contributed by atoms with Crippen LogP contribution in [0.2, 0.25) is 5.02 Å². The maximum absolute atomic E-state index is 15.1. The van der Waals surface area contributed by atoms with E-state index in [-0.39, 0.29) is 35.7 Å². The molecule has 0 aliphatic carbocycles. The first-order valence-electron chi connectivity index (χ1n) is 10.5. The Hall–Kier alpha value is -4.11. The SMILES string of the molecule is O=C(O)c1c(-c2ccc[nH]c2=O)c2c3c(c(F)cc2n1Cc1cc2nc[nH]c2cc1Cl)CCO3. The van der Waals surface area contributed by atoms with Gasteiger partial charge in [0.05, 0.1) is 40.4 Å². The number of hydrogen-bond acceptors (Lipinski definition) is 4. The molecule has 0 saturated heterocycles. The van der Waals surface area contributed by atoms with Crippen molar-refractivity contribution in [2.45, 2.75) is 13.0 Å². The van der Waals surface area contributed by atoms with Crippen molar-refractivity contribution in [1.29, 1.82) is 0 Å². The summed E-state index contributed by atoms with van der Waals surface area (Å²) >= 11 is 6.50. The Balaban J connectivity index is 1.72. The number of ether oxygens (including phenoxy) is 1. The number of halogens is 2. The molecule has 0 amide bonds. The van der Waals surface area contributed by atoms with Gasteiger partial charge in [-0.05, 0) is 35.9 Å². The van der Waals surface area contributed by atoms with Gasteiger partial charge in [0.2, 0.25) is 0 Å². The number of pyridine rings is 1. The molecule has 4 heterocycles. The van der Waals surface area contributed by atoms with E-state index in [0.717, 1.165) is 5.52 Å². The molecule has 0 bridgehead atoms. The highest BCUT2D eigenvalue weighted by molar-refractivity contribution is 6.32. The van der Waals surface area contributed by atoms with Crippen LogP contribution in [0, 0.1) is 5.82 Å². The molecule has 3 aromatic heterocycles. The third kappa shape index (κ3) is 2.94. The number of nitrogens with one attached hydrogen (secondary N) is 2. The second kappa shape index (κ2) is 7.46. The molecule has 0 atom stereocenters. The molecule has 34 heavy (non-hydrogen) atoms. The van der Waals surface area contributed by atoms with E-state index >= 15 is 4.39 Å². The third-order valence-electron chi connectivity index (χ3n) is 6.16. The Morgan fingerprint density at radius 2 is 2.15 bits per heavy atom. The van der Waals surface area contributed by atoms with E-state index in [1.165, 1.54) is 29.2 Å². The van der Waals surface area contributed by atoms with Gasteiger partial charge in [0.15, 0.2) is 0 Å². The van der Waals surface area contributed by atoms with Crippen LogP contribution < -0.4 is 10.3 Å². The van der Waals surface area contributed by atoms with Gasteiger partial charge < -0.3 is 24.4 Å². The molecule has 2 aromatic carbocycles. The Kier molecular flexibility index (Phi) is 4.50. The topological polar surface area (TPSA) is 113 Å². The number of aromatic nitrogens is 4. The number of hydrogen-bond donors (Lipinski definition) is 3. The van der Waals surface area contributed by atoms with Gasteiger partial charge in [0, 0.05) is 35.3 Å². The van der Waals surface area contributed by atoms with Gasteiger partial charge in [-0.3, -0.25) is 4.79 Å². The highest BCUT2D eigenvalue weighted by atomic mass is 35.5. The van der Waals surface area contributed by atoms with Gasteiger partial charge in [-0.15, -0.1) is 0 Å². The lowest BCUT2D eigenvalue weighted by molar-refractivity contribution is 0.0687. The zero-order valence-corrected chi connectivity index (χ0v) is 18.2. The summed E-state index contributed by atoms with van der Waals surface area (Å²) in [5.74, 6) is -1.49. The van der Waals surface area contributed by atoms with Crippen molar-refractivity contribution >= 4 is 39.5 Å².